The summed E-state index contributed by atoms with van der Waals surface area (Å²) in [5.41, 5.74) is 5.60. The molecular formula is C15H24. The molecule has 0 aromatic rings. The third-order valence-corrected chi connectivity index (χ3v) is 4.03. The van der Waals surface area contributed by atoms with E-state index in [0.29, 0.717) is 0 Å². The van der Waals surface area contributed by atoms with Gasteiger partial charge in [-0.3, -0.25) is 0 Å². The van der Waals surface area contributed by atoms with Crippen LogP contribution in [0, 0.1) is 5.41 Å². The first-order chi connectivity index (χ1) is 7.01. The van der Waals surface area contributed by atoms with E-state index in [-0.39, 0.29) is 5.41 Å². The Morgan fingerprint density at radius 1 is 1.00 bits per heavy atom. The van der Waals surface area contributed by atoms with E-state index < -0.39 is 0 Å². The maximum Gasteiger partial charge on any atom is 0.0164 e. The van der Waals surface area contributed by atoms with Gasteiger partial charge in [0.1, 0.15) is 0 Å². The molecule has 0 aliphatic heterocycles. The second kappa shape index (κ2) is 4.38. The third kappa shape index (κ3) is 1.71. The van der Waals surface area contributed by atoms with Gasteiger partial charge >= 0.3 is 0 Å². The fraction of sp³-hybridized carbons (Fsp3) is 0.600. The zero-order chi connectivity index (χ0) is 11.6. The highest BCUT2D eigenvalue weighted by atomic mass is 14.4. The van der Waals surface area contributed by atoms with E-state index in [0.717, 1.165) is 0 Å². The summed E-state index contributed by atoms with van der Waals surface area (Å²) in [4.78, 5) is 0. The predicted molar refractivity (Wildman–Crippen MR) is 68.9 cm³/mol. The number of hydrogen-bond donors (Lipinski definition) is 0. The first kappa shape index (κ1) is 12.3. The fourth-order valence-corrected chi connectivity index (χ4v) is 2.98. The molecule has 1 rings (SSSR count). The highest BCUT2D eigenvalue weighted by Crippen LogP contribution is 2.54. The number of allylic oxidation sites excluding steroid dienone is 4. The van der Waals surface area contributed by atoms with Crippen molar-refractivity contribution in [2.45, 2.75) is 53.4 Å². The molecule has 0 heterocycles. The van der Waals surface area contributed by atoms with E-state index >= 15 is 0 Å². The molecule has 0 heteroatoms. The molecular weight excluding hydrogens is 180 g/mol. The summed E-state index contributed by atoms with van der Waals surface area (Å²) in [6.45, 7) is 17.4. The molecule has 0 fully saturated rings. The van der Waals surface area contributed by atoms with Gasteiger partial charge in [-0.15, -0.1) is 0 Å². The van der Waals surface area contributed by atoms with Crippen LogP contribution in [0.4, 0.5) is 0 Å². The molecule has 0 N–H and O–H groups in total. The van der Waals surface area contributed by atoms with Crippen LogP contribution in [0.1, 0.15) is 53.4 Å². The first-order valence-electron chi connectivity index (χ1n) is 6.08. The molecule has 84 valence electrons. The molecule has 0 amide bonds. The average Bonchev–Trinajstić information content (AvgIpc) is 2.36. The van der Waals surface area contributed by atoms with E-state index in [4.69, 9.17) is 0 Å². The molecule has 0 radical (unpaired) electrons. The van der Waals surface area contributed by atoms with E-state index in [9.17, 15) is 0 Å². The Balaban J connectivity index is 3.18. The Hall–Kier alpha value is -0.780. The van der Waals surface area contributed by atoms with Crippen molar-refractivity contribution in [3.63, 3.8) is 0 Å². The van der Waals surface area contributed by atoms with Crippen molar-refractivity contribution in [1.29, 1.82) is 0 Å². The summed E-state index contributed by atoms with van der Waals surface area (Å²) in [7, 11) is 0. The van der Waals surface area contributed by atoms with Crippen molar-refractivity contribution in [2.75, 3.05) is 0 Å². The van der Waals surface area contributed by atoms with Gasteiger partial charge in [-0.2, -0.15) is 0 Å². The average molecular weight is 204 g/mol. The van der Waals surface area contributed by atoms with Crippen LogP contribution in [0.25, 0.3) is 0 Å². The summed E-state index contributed by atoms with van der Waals surface area (Å²) in [5, 5.41) is 0. The van der Waals surface area contributed by atoms with Gasteiger partial charge in [0.15, 0.2) is 0 Å². The molecule has 0 aromatic carbocycles. The first-order valence-corrected chi connectivity index (χ1v) is 6.08. The zero-order valence-corrected chi connectivity index (χ0v) is 10.7. The Bertz CT molecular complexity index is 309. The van der Waals surface area contributed by atoms with Gasteiger partial charge in [-0.05, 0) is 43.4 Å². The lowest BCUT2D eigenvalue weighted by atomic mass is 9.71. The van der Waals surface area contributed by atoms with Crippen molar-refractivity contribution in [3.8, 4) is 0 Å². The Kier molecular flexibility index (Phi) is 3.59. The van der Waals surface area contributed by atoms with Crippen LogP contribution in [-0.4, -0.2) is 0 Å². The molecule has 1 aliphatic rings. The van der Waals surface area contributed by atoms with Gasteiger partial charge < -0.3 is 0 Å². The maximum atomic E-state index is 4.29. The Morgan fingerprint density at radius 3 is 1.73 bits per heavy atom. The minimum atomic E-state index is 0.241. The molecule has 0 spiro atoms. The van der Waals surface area contributed by atoms with Crippen LogP contribution in [0.5, 0.6) is 0 Å². The Labute approximate surface area is 94.8 Å². The number of rotatable bonds is 4. The number of hydrogen-bond acceptors (Lipinski definition) is 0. The smallest absolute Gasteiger partial charge is 0.0164 e. The van der Waals surface area contributed by atoms with Gasteiger partial charge in [-0.1, -0.05) is 45.4 Å². The van der Waals surface area contributed by atoms with E-state index in [2.05, 4.69) is 40.9 Å². The minimum Gasteiger partial charge on any atom is -0.0943 e. The van der Waals surface area contributed by atoms with Crippen LogP contribution in [0.2, 0.25) is 0 Å². The van der Waals surface area contributed by atoms with E-state index in [1.54, 1.807) is 0 Å². The van der Waals surface area contributed by atoms with Crippen molar-refractivity contribution >= 4 is 0 Å². The molecule has 0 aromatic heterocycles. The van der Waals surface area contributed by atoms with Crippen molar-refractivity contribution in [1.82, 2.24) is 0 Å². The normalized spacial score (nSPS) is 20.3. The maximum absolute atomic E-state index is 4.29. The van der Waals surface area contributed by atoms with Crippen molar-refractivity contribution in [2.24, 2.45) is 5.41 Å². The van der Waals surface area contributed by atoms with Crippen LogP contribution >= 0.6 is 0 Å². The highest BCUT2D eigenvalue weighted by molar-refractivity contribution is 5.58. The predicted octanol–water partition coefficient (Wildman–Crippen LogP) is 5.04. The quantitative estimate of drug-likeness (QED) is 0.602. The lowest BCUT2D eigenvalue weighted by Gasteiger charge is -2.32. The van der Waals surface area contributed by atoms with Crippen LogP contribution in [0.3, 0.4) is 0 Å². The van der Waals surface area contributed by atoms with E-state index in [1.165, 1.54) is 48.0 Å². The highest BCUT2D eigenvalue weighted by Gasteiger charge is 2.40. The fourth-order valence-electron chi connectivity index (χ4n) is 2.98. The molecule has 0 atom stereocenters. The van der Waals surface area contributed by atoms with Crippen LogP contribution < -0.4 is 0 Å². The van der Waals surface area contributed by atoms with E-state index in [1.807, 2.05) is 0 Å². The second-order valence-electron chi connectivity index (χ2n) is 4.79. The standard InChI is InChI=1S/C15H24/c1-7-9-15(10-8-2)13(5)11(3)12(4)14(15)6/h3,5,7-10H2,1-2,4,6H3. The summed E-state index contributed by atoms with van der Waals surface area (Å²) < 4.78 is 0. The molecule has 0 saturated heterocycles. The lowest BCUT2D eigenvalue weighted by Crippen LogP contribution is -2.21. The molecule has 0 unspecified atom stereocenters. The molecule has 0 saturated carbocycles. The van der Waals surface area contributed by atoms with Gasteiger partial charge in [0.2, 0.25) is 0 Å². The second-order valence-corrected chi connectivity index (χ2v) is 4.79. The molecule has 0 bridgehead atoms. The zero-order valence-electron chi connectivity index (χ0n) is 10.7. The monoisotopic (exact) mass is 204 g/mol. The van der Waals surface area contributed by atoms with Gasteiger partial charge in [-0.25, -0.2) is 0 Å². The Morgan fingerprint density at radius 2 is 1.47 bits per heavy atom. The van der Waals surface area contributed by atoms with Gasteiger partial charge in [0.25, 0.3) is 0 Å². The van der Waals surface area contributed by atoms with Crippen LogP contribution in [0.15, 0.2) is 35.5 Å². The lowest BCUT2D eigenvalue weighted by molar-refractivity contribution is 0.370. The minimum absolute atomic E-state index is 0.241. The van der Waals surface area contributed by atoms with Crippen LogP contribution in [-0.2, 0) is 0 Å². The van der Waals surface area contributed by atoms with Crippen molar-refractivity contribution < 1.29 is 0 Å². The summed E-state index contributed by atoms with van der Waals surface area (Å²) in [6.07, 6.45) is 4.89. The van der Waals surface area contributed by atoms with Crippen molar-refractivity contribution in [3.05, 3.63) is 35.5 Å². The molecule has 1 aliphatic carbocycles. The third-order valence-electron chi connectivity index (χ3n) is 4.03. The molecule has 0 nitrogen and oxygen atoms in total. The van der Waals surface area contributed by atoms with Gasteiger partial charge in [0, 0.05) is 5.41 Å². The SMILES string of the molecule is C=C1C(=C)C(CCC)(CCC)C(C)=C1C. The summed E-state index contributed by atoms with van der Waals surface area (Å²) in [5.74, 6) is 0. The topological polar surface area (TPSA) is 0 Å². The summed E-state index contributed by atoms with van der Waals surface area (Å²) in [6, 6.07) is 0. The largest absolute Gasteiger partial charge is 0.0943 e. The summed E-state index contributed by atoms with van der Waals surface area (Å²) >= 11 is 0. The molecule has 15 heavy (non-hydrogen) atoms. The van der Waals surface area contributed by atoms with Gasteiger partial charge in [0.05, 0.1) is 0 Å².